The topological polar surface area (TPSA) is 106 Å². The molecule has 0 unspecified atom stereocenters. The number of nitrogens with zero attached hydrogens (tertiary/aromatic N) is 3. The van der Waals surface area contributed by atoms with E-state index in [9.17, 15) is 27.9 Å². The Balaban J connectivity index is 1.41. The van der Waals surface area contributed by atoms with E-state index in [1.807, 2.05) is 16.7 Å². The standard InChI is InChI=1S/C33H29F3N4O4S/c1-2-44-32(43)26-23(13-9-19-7-10-21(11-8-19)33(34,35)36)39-29-24-6-4-16-40(24)31(42)28(29)27(26)25-14-12-22(45-25)18-38-30(41)20-5-3-15-37-17-20/h3,5,7-8,10-12,14-15,17,42H,2,4,6,9,13,16,18H2,1H3,(H,38,41). The Labute approximate surface area is 260 Å². The molecule has 0 bridgehead atoms. The van der Waals surface area contributed by atoms with Gasteiger partial charge in [-0.15, -0.1) is 11.3 Å². The van der Waals surface area contributed by atoms with Gasteiger partial charge in [0.15, 0.2) is 0 Å². The molecule has 4 aromatic heterocycles. The van der Waals surface area contributed by atoms with Gasteiger partial charge in [0.1, 0.15) is 0 Å². The number of alkyl halides is 3. The number of amides is 1. The number of aromatic nitrogens is 3. The van der Waals surface area contributed by atoms with Crippen molar-refractivity contribution in [3.8, 4) is 16.3 Å². The summed E-state index contributed by atoms with van der Waals surface area (Å²) in [6.45, 7) is 2.66. The molecule has 0 radical (unpaired) electrons. The van der Waals surface area contributed by atoms with E-state index in [-0.39, 0.29) is 36.9 Å². The van der Waals surface area contributed by atoms with E-state index in [0.29, 0.717) is 57.6 Å². The lowest BCUT2D eigenvalue weighted by Gasteiger charge is -2.15. The van der Waals surface area contributed by atoms with Crippen LogP contribution in [0.5, 0.6) is 5.88 Å². The van der Waals surface area contributed by atoms with E-state index >= 15 is 0 Å². The van der Waals surface area contributed by atoms with Crippen LogP contribution in [0.15, 0.2) is 60.9 Å². The number of pyridine rings is 2. The summed E-state index contributed by atoms with van der Waals surface area (Å²) < 4.78 is 46.6. The van der Waals surface area contributed by atoms with E-state index in [0.717, 1.165) is 29.1 Å². The van der Waals surface area contributed by atoms with Crippen LogP contribution in [0.3, 0.4) is 0 Å². The van der Waals surface area contributed by atoms with Crippen LogP contribution >= 0.6 is 11.3 Å². The van der Waals surface area contributed by atoms with Crippen molar-refractivity contribution in [2.75, 3.05) is 6.61 Å². The zero-order valence-electron chi connectivity index (χ0n) is 24.3. The highest BCUT2D eigenvalue weighted by Crippen LogP contribution is 2.45. The summed E-state index contributed by atoms with van der Waals surface area (Å²) >= 11 is 1.37. The quantitative estimate of drug-likeness (QED) is 0.174. The fourth-order valence-electron chi connectivity index (χ4n) is 5.70. The van der Waals surface area contributed by atoms with E-state index in [1.165, 1.54) is 29.7 Å². The van der Waals surface area contributed by atoms with Crippen molar-refractivity contribution in [1.82, 2.24) is 19.9 Å². The molecule has 1 amide bonds. The number of hydrogen-bond donors (Lipinski definition) is 2. The number of aromatic hydroxyl groups is 1. The van der Waals surface area contributed by atoms with Crippen molar-refractivity contribution in [1.29, 1.82) is 0 Å². The Morgan fingerprint density at radius 1 is 1.11 bits per heavy atom. The molecule has 5 aromatic rings. The Hall–Kier alpha value is -4.71. The molecule has 5 heterocycles. The summed E-state index contributed by atoms with van der Waals surface area (Å²) in [5.74, 6) is -0.849. The highest BCUT2D eigenvalue weighted by molar-refractivity contribution is 7.15. The van der Waals surface area contributed by atoms with E-state index in [4.69, 9.17) is 9.72 Å². The minimum absolute atomic E-state index is 0.0275. The predicted octanol–water partition coefficient (Wildman–Crippen LogP) is 6.72. The Morgan fingerprint density at radius 3 is 2.62 bits per heavy atom. The average molecular weight is 635 g/mol. The van der Waals surface area contributed by atoms with Crippen molar-refractivity contribution in [2.24, 2.45) is 0 Å². The number of ether oxygens (including phenoxy) is 1. The fraction of sp³-hybridized carbons (Fsp3) is 0.273. The summed E-state index contributed by atoms with van der Waals surface area (Å²) in [6, 6.07) is 12.0. The molecule has 0 aliphatic carbocycles. The zero-order valence-corrected chi connectivity index (χ0v) is 25.1. The van der Waals surface area contributed by atoms with Gasteiger partial charge in [0.05, 0.1) is 46.4 Å². The van der Waals surface area contributed by atoms with Gasteiger partial charge in [-0.1, -0.05) is 12.1 Å². The third kappa shape index (κ3) is 6.02. The summed E-state index contributed by atoms with van der Waals surface area (Å²) in [4.78, 5) is 36.6. The van der Waals surface area contributed by atoms with Crippen molar-refractivity contribution in [3.63, 3.8) is 0 Å². The van der Waals surface area contributed by atoms with Crippen LogP contribution in [0.1, 0.15) is 61.5 Å². The number of esters is 1. The van der Waals surface area contributed by atoms with Gasteiger partial charge in [0.25, 0.3) is 5.91 Å². The number of thiophene rings is 1. The number of fused-ring (bicyclic) bond motifs is 3. The van der Waals surface area contributed by atoms with Crippen LogP contribution in [-0.2, 0) is 43.3 Å². The second kappa shape index (κ2) is 12.4. The highest BCUT2D eigenvalue weighted by Gasteiger charge is 2.32. The Kier molecular flexibility index (Phi) is 8.32. The number of halogens is 3. The zero-order chi connectivity index (χ0) is 31.7. The molecule has 0 atom stereocenters. The molecule has 0 spiro atoms. The van der Waals surface area contributed by atoms with Gasteiger partial charge in [-0.25, -0.2) is 9.78 Å². The molecular weight excluding hydrogens is 605 g/mol. The summed E-state index contributed by atoms with van der Waals surface area (Å²) in [5, 5.41) is 14.8. The second-order valence-electron chi connectivity index (χ2n) is 10.7. The number of carbonyl (C=O) groups is 2. The van der Waals surface area contributed by atoms with E-state index in [1.54, 1.807) is 25.3 Å². The lowest BCUT2D eigenvalue weighted by atomic mass is 9.96. The summed E-state index contributed by atoms with van der Waals surface area (Å²) in [5.41, 5.74) is 2.97. The normalized spacial score (nSPS) is 12.8. The maximum Gasteiger partial charge on any atom is 0.416 e. The molecular formula is C33H29F3N4O4S. The average Bonchev–Trinajstić information content (AvgIpc) is 3.77. The van der Waals surface area contributed by atoms with Crippen molar-refractivity contribution < 1.29 is 32.6 Å². The summed E-state index contributed by atoms with van der Waals surface area (Å²) in [7, 11) is 0. The molecule has 6 rings (SSSR count). The van der Waals surface area contributed by atoms with Crippen molar-refractivity contribution in [2.45, 2.75) is 51.9 Å². The monoisotopic (exact) mass is 634 g/mol. The van der Waals surface area contributed by atoms with E-state index in [2.05, 4.69) is 10.3 Å². The number of nitrogens with one attached hydrogen (secondary N) is 1. The molecule has 232 valence electrons. The lowest BCUT2D eigenvalue weighted by molar-refractivity contribution is -0.137. The number of carbonyl (C=O) groups excluding carboxylic acids is 2. The SMILES string of the molecule is CCOC(=O)c1c(CCc2ccc(C(F)(F)F)cc2)nc2c3n(c(O)c2c1-c1ccc(CNC(=O)c2cccnc2)s1)CCC3. The predicted molar refractivity (Wildman–Crippen MR) is 163 cm³/mol. The molecule has 1 aliphatic rings. The van der Waals surface area contributed by atoms with Crippen molar-refractivity contribution >= 4 is 34.1 Å². The van der Waals surface area contributed by atoms with Gasteiger partial charge in [0, 0.05) is 40.0 Å². The maximum absolute atomic E-state index is 13.6. The first-order valence-electron chi connectivity index (χ1n) is 14.5. The number of hydrogen-bond acceptors (Lipinski definition) is 7. The first kappa shape index (κ1) is 30.3. The molecule has 0 fully saturated rings. The molecule has 8 nitrogen and oxygen atoms in total. The second-order valence-corrected chi connectivity index (χ2v) is 11.8. The largest absolute Gasteiger partial charge is 0.494 e. The number of benzene rings is 1. The van der Waals surface area contributed by atoms with Crippen LogP contribution in [0, 0.1) is 0 Å². The summed E-state index contributed by atoms with van der Waals surface area (Å²) in [6.07, 6.45) is 0.774. The van der Waals surface area contributed by atoms with Crippen LogP contribution in [0.2, 0.25) is 0 Å². The molecule has 0 saturated carbocycles. The first-order valence-corrected chi connectivity index (χ1v) is 15.3. The third-order valence-corrected chi connectivity index (χ3v) is 8.91. The van der Waals surface area contributed by atoms with Crippen LogP contribution in [-0.4, -0.2) is 38.1 Å². The molecule has 1 aromatic carbocycles. The lowest BCUT2D eigenvalue weighted by Crippen LogP contribution is -2.22. The highest BCUT2D eigenvalue weighted by atomic mass is 32.1. The Morgan fingerprint density at radius 2 is 1.91 bits per heavy atom. The minimum Gasteiger partial charge on any atom is -0.494 e. The minimum atomic E-state index is -4.43. The Bertz CT molecular complexity index is 1880. The van der Waals surface area contributed by atoms with Gasteiger partial charge in [-0.2, -0.15) is 13.2 Å². The van der Waals surface area contributed by atoms with Gasteiger partial charge < -0.3 is 19.7 Å². The van der Waals surface area contributed by atoms with Gasteiger partial charge in [-0.05, 0) is 74.6 Å². The van der Waals surface area contributed by atoms with Gasteiger partial charge in [0.2, 0.25) is 5.88 Å². The third-order valence-electron chi connectivity index (χ3n) is 7.81. The molecule has 45 heavy (non-hydrogen) atoms. The van der Waals surface area contributed by atoms with Gasteiger partial charge >= 0.3 is 12.1 Å². The number of rotatable bonds is 9. The smallest absolute Gasteiger partial charge is 0.416 e. The van der Waals surface area contributed by atoms with Gasteiger partial charge in [-0.3, -0.25) is 9.78 Å². The number of aryl methyl sites for hydroxylation is 3. The first-order chi connectivity index (χ1) is 21.7. The molecule has 12 heteroatoms. The van der Waals surface area contributed by atoms with Crippen LogP contribution < -0.4 is 5.32 Å². The van der Waals surface area contributed by atoms with Crippen LogP contribution in [0.25, 0.3) is 21.3 Å². The maximum atomic E-state index is 13.6. The van der Waals surface area contributed by atoms with Crippen molar-refractivity contribution in [3.05, 3.63) is 99.4 Å². The molecule has 0 saturated heterocycles. The fourth-order valence-corrected chi connectivity index (χ4v) is 6.70. The molecule has 2 N–H and O–H groups in total. The van der Waals surface area contributed by atoms with E-state index < -0.39 is 17.7 Å². The van der Waals surface area contributed by atoms with Crippen LogP contribution in [0.4, 0.5) is 13.2 Å². The molecule has 1 aliphatic heterocycles.